The summed E-state index contributed by atoms with van der Waals surface area (Å²) in [6, 6.07) is 6.84. The SMILES string of the molecule is CC1CCCN(C(=O)COC(=O)CNC(=O)c2cccc(Br)c2)C1. The van der Waals surface area contributed by atoms with E-state index in [1.54, 1.807) is 29.2 Å². The van der Waals surface area contributed by atoms with Crippen LogP contribution in [0.2, 0.25) is 0 Å². The monoisotopic (exact) mass is 396 g/mol. The lowest BCUT2D eigenvalue weighted by atomic mass is 10.0. The maximum atomic E-state index is 12.0. The van der Waals surface area contributed by atoms with Gasteiger partial charge in [0, 0.05) is 23.1 Å². The largest absolute Gasteiger partial charge is 0.454 e. The van der Waals surface area contributed by atoms with Crippen LogP contribution < -0.4 is 5.32 Å². The van der Waals surface area contributed by atoms with E-state index in [0.29, 0.717) is 24.6 Å². The number of hydrogen-bond acceptors (Lipinski definition) is 4. The van der Waals surface area contributed by atoms with Crippen molar-refractivity contribution in [1.82, 2.24) is 10.2 Å². The second kappa shape index (κ2) is 8.82. The Hall–Kier alpha value is -1.89. The Morgan fingerprint density at radius 1 is 1.38 bits per heavy atom. The van der Waals surface area contributed by atoms with Crippen LogP contribution in [0, 0.1) is 5.92 Å². The summed E-state index contributed by atoms with van der Waals surface area (Å²) in [6.07, 6.45) is 2.09. The highest BCUT2D eigenvalue weighted by Gasteiger charge is 2.21. The Labute approximate surface area is 149 Å². The first-order chi connectivity index (χ1) is 11.5. The van der Waals surface area contributed by atoms with Gasteiger partial charge in [-0.3, -0.25) is 14.4 Å². The summed E-state index contributed by atoms with van der Waals surface area (Å²) >= 11 is 3.28. The summed E-state index contributed by atoms with van der Waals surface area (Å²) in [5.41, 5.74) is 0.440. The molecule has 1 atom stereocenters. The molecule has 0 spiro atoms. The minimum absolute atomic E-state index is 0.187. The third kappa shape index (κ3) is 5.63. The van der Waals surface area contributed by atoms with Crippen molar-refractivity contribution in [3.8, 4) is 0 Å². The molecule has 1 unspecified atom stereocenters. The molecule has 1 heterocycles. The Kier molecular flexibility index (Phi) is 6.78. The first-order valence-corrected chi connectivity index (χ1v) is 8.72. The molecule has 0 radical (unpaired) electrons. The van der Waals surface area contributed by atoms with Gasteiger partial charge in [0.2, 0.25) is 0 Å². The molecule has 1 saturated heterocycles. The number of piperidine rings is 1. The van der Waals surface area contributed by atoms with Crippen LogP contribution in [0.1, 0.15) is 30.1 Å². The van der Waals surface area contributed by atoms with Gasteiger partial charge in [-0.05, 0) is 37.0 Å². The van der Waals surface area contributed by atoms with Crippen molar-refractivity contribution in [2.24, 2.45) is 5.92 Å². The fourth-order valence-corrected chi connectivity index (χ4v) is 2.98. The quantitative estimate of drug-likeness (QED) is 0.772. The van der Waals surface area contributed by atoms with Gasteiger partial charge in [0.1, 0.15) is 6.54 Å². The Balaban J connectivity index is 1.71. The van der Waals surface area contributed by atoms with E-state index in [0.717, 1.165) is 17.3 Å². The van der Waals surface area contributed by atoms with Gasteiger partial charge in [0.25, 0.3) is 11.8 Å². The van der Waals surface area contributed by atoms with Crippen LogP contribution in [0.4, 0.5) is 0 Å². The van der Waals surface area contributed by atoms with Crippen LogP contribution in [0.3, 0.4) is 0 Å². The van der Waals surface area contributed by atoms with E-state index >= 15 is 0 Å². The number of amides is 2. The van der Waals surface area contributed by atoms with Gasteiger partial charge < -0.3 is 15.0 Å². The van der Waals surface area contributed by atoms with E-state index in [1.807, 2.05) is 0 Å². The lowest BCUT2D eigenvalue weighted by molar-refractivity contribution is -0.151. The Morgan fingerprint density at radius 2 is 2.17 bits per heavy atom. The molecular weight excluding hydrogens is 376 g/mol. The smallest absolute Gasteiger partial charge is 0.325 e. The number of esters is 1. The van der Waals surface area contributed by atoms with E-state index in [4.69, 9.17) is 4.74 Å². The molecule has 24 heavy (non-hydrogen) atoms. The first-order valence-electron chi connectivity index (χ1n) is 7.93. The van der Waals surface area contributed by atoms with Gasteiger partial charge in [-0.25, -0.2) is 0 Å². The van der Waals surface area contributed by atoms with Crippen molar-refractivity contribution in [2.75, 3.05) is 26.2 Å². The third-order valence-electron chi connectivity index (χ3n) is 3.85. The molecule has 2 amide bonds. The fourth-order valence-electron chi connectivity index (χ4n) is 2.58. The minimum atomic E-state index is -0.628. The van der Waals surface area contributed by atoms with Crippen LogP contribution in [0.5, 0.6) is 0 Å². The topological polar surface area (TPSA) is 75.7 Å². The van der Waals surface area contributed by atoms with Gasteiger partial charge in [-0.15, -0.1) is 0 Å². The Bertz CT molecular complexity index is 620. The molecule has 0 saturated carbocycles. The number of rotatable bonds is 5. The molecule has 1 aliphatic heterocycles. The molecule has 7 heteroatoms. The van der Waals surface area contributed by atoms with E-state index in [2.05, 4.69) is 28.2 Å². The highest BCUT2D eigenvalue weighted by molar-refractivity contribution is 9.10. The molecule has 0 bridgehead atoms. The number of nitrogens with zero attached hydrogens (tertiary/aromatic N) is 1. The van der Waals surface area contributed by atoms with Gasteiger partial charge in [-0.1, -0.05) is 28.9 Å². The average Bonchev–Trinajstić information content (AvgIpc) is 2.57. The lowest BCUT2D eigenvalue weighted by Gasteiger charge is -2.30. The number of likely N-dealkylation sites (tertiary alicyclic amines) is 1. The number of carbonyl (C=O) groups excluding carboxylic acids is 3. The minimum Gasteiger partial charge on any atom is -0.454 e. The van der Waals surface area contributed by atoms with Crippen molar-refractivity contribution in [1.29, 1.82) is 0 Å². The number of carbonyl (C=O) groups is 3. The standard InChI is InChI=1S/C17H21BrN2O4/c1-12-4-3-7-20(10-12)15(21)11-24-16(22)9-19-17(23)13-5-2-6-14(18)8-13/h2,5-6,8,12H,3-4,7,9-11H2,1H3,(H,19,23). The van der Waals surface area contributed by atoms with Crippen molar-refractivity contribution < 1.29 is 19.1 Å². The molecule has 2 rings (SSSR count). The zero-order chi connectivity index (χ0) is 17.5. The molecule has 1 aliphatic rings. The van der Waals surface area contributed by atoms with Crippen LogP contribution in [-0.2, 0) is 14.3 Å². The average molecular weight is 397 g/mol. The highest BCUT2D eigenvalue weighted by Crippen LogP contribution is 2.15. The van der Waals surface area contributed by atoms with E-state index in [9.17, 15) is 14.4 Å². The van der Waals surface area contributed by atoms with Gasteiger partial charge >= 0.3 is 5.97 Å². The number of halogens is 1. The third-order valence-corrected chi connectivity index (χ3v) is 4.34. The molecule has 1 aromatic rings. The normalized spacial score (nSPS) is 17.2. The van der Waals surface area contributed by atoms with Crippen molar-refractivity contribution in [3.05, 3.63) is 34.3 Å². The lowest BCUT2D eigenvalue weighted by Crippen LogP contribution is -2.42. The summed E-state index contributed by atoms with van der Waals surface area (Å²) in [4.78, 5) is 37.3. The molecule has 130 valence electrons. The predicted molar refractivity (Wildman–Crippen MR) is 92.4 cm³/mol. The first kappa shape index (κ1) is 18.4. The summed E-state index contributed by atoms with van der Waals surface area (Å²) in [6.45, 7) is 2.96. The van der Waals surface area contributed by atoms with Crippen molar-refractivity contribution in [2.45, 2.75) is 19.8 Å². The maximum Gasteiger partial charge on any atom is 0.325 e. The second-order valence-electron chi connectivity index (χ2n) is 5.94. The molecule has 6 nitrogen and oxygen atoms in total. The highest BCUT2D eigenvalue weighted by atomic mass is 79.9. The predicted octanol–water partition coefficient (Wildman–Crippen LogP) is 1.98. The maximum absolute atomic E-state index is 12.0. The van der Waals surface area contributed by atoms with Crippen molar-refractivity contribution >= 4 is 33.7 Å². The summed E-state index contributed by atoms with van der Waals surface area (Å²) in [5.74, 6) is -0.711. The number of nitrogens with one attached hydrogen (secondary N) is 1. The zero-order valence-electron chi connectivity index (χ0n) is 13.6. The zero-order valence-corrected chi connectivity index (χ0v) is 15.2. The van der Waals surface area contributed by atoms with Crippen molar-refractivity contribution in [3.63, 3.8) is 0 Å². The van der Waals surface area contributed by atoms with Crippen LogP contribution in [-0.4, -0.2) is 48.9 Å². The molecule has 1 fully saturated rings. The second-order valence-corrected chi connectivity index (χ2v) is 6.86. The molecular formula is C17H21BrN2O4. The van der Waals surface area contributed by atoms with Gasteiger partial charge in [0.15, 0.2) is 6.61 Å². The summed E-state index contributed by atoms with van der Waals surface area (Å²) in [5, 5.41) is 2.48. The summed E-state index contributed by atoms with van der Waals surface area (Å²) in [7, 11) is 0. The fraction of sp³-hybridized carbons (Fsp3) is 0.471. The molecule has 1 aromatic carbocycles. The number of benzene rings is 1. The van der Waals surface area contributed by atoms with E-state index in [1.165, 1.54) is 0 Å². The molecule has 0 aliphatic carbocycles. The van der Waals surface area contributed by atoms with E-state index < -0.39 is 5.97 Å². The number of ether oxygens (including phenoxy) is 1. The molecule has 0 aromatic heterocycles. The van der Waals surface area contributed by atoms with Crippen LogP contribution in [0.25, 0.3) is 0 Å². The van der Waals surface area contributed by atoms with Crippen LogP contribution >= 0.6 is 15.9 Å². The van der Waals surface area contributed by atoms with E-state index in [-0.39, 0.29) is 25.0 Å². The van der Waals surface area contributed by atoms with Gasteiger partial charge in [-0.2, -0.15) is 0 Å². The van der Waals surface area contributed by atoms with Gasteiger partial charge in [0.05, 0.1) is 0 Å². The number of hydrogen-bond donors (Lipinski definition) is 1. The summed E-state index contributed by atoms with van der Waals surface area (Å²) < 4.78 is 5.73. The van der Waals surface area contributed by atoms with Crippen LogP contribution in [0.15, 0.2) is 28.7 Å². The molecule has 1 N–H and O–H groups in total. The Morgan fingerprint density at radius 3 is 2.88 bits per heavy atom.